The summed E-state index contributed by atoms with van der Waals surface area (Å²) < 4.78 is 0. The van der Waals surface area contributed by atoms with Crippen LogP contribution in [0.15, 0.2) is 23.0 Å². The molecule has 3 rings (SSSR count). The van der Waals surface area contributed by atoms with Gasteiger partial charge >= 0.3 is 0 Å². The Bertz CT molecular complexity index is 785. The molecule has 0 fully saturated rings. The average molecular weight is 254 g/mol. The van der Waals surface area contributed by atoms with Gasteiger partial charge in [-0.3, -0.25) is 9.59 Å². The number of carbonyl (C=O) groups is 1. The molecule has 0 radical (unpaired) electrons. The second kappa shape index (κ2) is 4.09. The molecule has 2 bridgehead atoms. The fourth-order valence-corrected chi connectivity index (χ4v) is 2.73. The zero-order valence-corrected chi connectivity index (χ0v) is 10.8. The standard InChI is InChI=1S/C15H14N2O2/c1-8-3-4-10-14(16-7-18)11(8)6-12-9(2)5-13(19)17-15(10)12/h3,5-7H,4H2,1-2H3,(H,16,18)(H,17,19). The number of pyridine rings is 1. The minimum atomic E-state index is -0.114. The Labute approximate surface area is 110 Å². The summed E-state index contributed by atoms with van der Waals surface area (Å²) >= 11 is 0. The Morgan fingerprint density at radius 2 is 2.11 bits per heavy atom. The van der Waals surface area contributed by atoms with Gasteiger partial charge in [0.1, 0.15) is 0 Å². The van der Waals surface area contributed by atoms with E-state index in [1.54, 1.807) is 6.07 Å². The van der Waals surface area contributed by atoms with Crippen molar-refractivity contribution in [1.29, 1.82) is 0 Å². The van der Waals surface area contributed by atoms with Crippen LogP contribution in [0.25, 0.3) is 16.5 Å². The lowest BCUT2D eigenvalue weighted by Gasteiger charge is -2.21. The Balaban J connectivity index is 2.48. The minimum Gasteiger partial charge on any atom is -0.328 e. The van der Waals surface area contributed by atoms with Crippen LogP contribution in [0.2, 0.25) is 0 Å². The van der Waals surface area contributed by atoms with Crippen LogP contribution < -0.4 is 10.9 Å². The van der Waals surface area contributed by atoms with Gasteiger partial charge in [0.15, 0.2) is 0 Å². The summed E-state index contributed by atoms with van der Waals surface area (Å²) in [5.41, 5.74) is 5.61. The third kappa shape index (κ3) is 1.68. The SMILES string of the molecule is CC1=CCc2c(NC=O)c1cc1c(C)cc(=O)[nH]c21. The lowest BCUT2D eigenvalue weighted by molar-refractivity contribution is -0.105. The molecular formula is C15H14N2O2. The first kappa shape index (κ1) is 11.7. The molecule has 1 aliphatic carbocycles. The third-order valence-electron chi connectivity index (χ3n) is 3.69. The molecule has 0 saturated heterocycles. The molecule has 2 aromatic rings. The second-order valence-corrected chi connectivity index (χ2v) is 4.87. The van der Waals surface area contributed by atoms with Gasteiger partial charge in [0.05, 0.1) is 11.2 Å². The number of aryl methyl sites for hydroxylation is 1. The van der Waals surface area contributed by atoms with Crippen molar-refractivity contribution >= 4 is 28.6 Å². The highest BCUT2D eigenvalue weighted by Crippen LogP contribution is 2.37. The maximum atomic E-state index is 11.6. The van der Waals surface area contributed by atoms with E-state index in [0.717, 1.165) is 38.9 Å². The molecule has 1 aliphatic rings. The molecule has 0 spiro atoms. The molecule has 4 nitrogen and oxygen atoms in total. The number of hydrogen-bond donors (Lipinski definition) is 2. The van der Waals surface area contributed by atoms with Crippen LogP contribution in [0, 0.1) is 6.92 Å². The Hall–Kier alpha value is -2.36. The molecule has 1 amide bonds. The van der Waals surface area contributed by atoms with Crippen LogP contribution in [0.5, 0.6) is 0 Å². The van der Waals surface area contributed by atoms with Gasteiger partial charge in [-0.25, -0.2) is 0 Å². The zero-order chi connectivity index (χ0) is 13.6. The minimum absolute atomic E-state index is 0.114. The third-order valence-corrected chi connectivity index (χ3v) is 3.69. The fourth-order valence-electron chi connectivity index (χ4n) is 2.73. The van der Waals surface area contributed by atoms with E-state index >= 15 is 0 Å². The van der Waals surface area contributed by atoms with Crippen LogP contribution >= 0.6 is 0 Å². The average Bonchev–Trinajstić information content (AvgIpc) is 2.35. The summed E-state index contributed by atoms with van der Waals surface area (Å²) in [4.78, 5) is 25.3. The van der Waals surface area contributed by atoms with Gasteiger partial charge in [-0.2, -0.15) is 0 Å². The van der Waals surface area contributed by atoms with Gasteiger partial charge in [0, 0.05) is 22.6 Å². The second-order valence-electron chi connectivity index (χ2n) is 4.87. The normalized spacial score (nSPS) is 13.3. The number of anilines is 1. The summed E-state index contributed by atoms with van der Waals surface area (Å²) in [6.45, 7) is 3.96. The first-order chi connectivity index (χ1) is 9.11. The van der Waals surface area contributed by atoms with Crippen molar-refractivity contribution in [2.24, 2.45) is 0 Å². The highest BCUT2D eigenvalue weighted by Gasteiger charge is 2.19. The lowest BCUT2D eigenvalue weighted by Crippen LogP contribution is -2.12. The number of aromatic amines is 1. The van der Waals surface area contributed by atoms with Crippen molar-refractivity contribution in [3.8, 4) is 0 Å². The van der Waals surface area contributed by atoms with Crippen molar-refractivity contribution in [3.05, 3.63) is 45.3 Å². The van der Waals surface area contributed by atoms with Crippen LogP contribution in [-0.4, -0.2) is 11.4 Å². The molecule has 1 aromatic heterocycles. The Kier molecular flexibility index (Phi) is 2.52. The number of benzene rings is 1. The van der Waals surface area contributed by atoms with E-state index in [1.807, 2.05) is 19.9 Å². The van der Waals surface area contributed by atoms with Crippen LogP contribution in [0.3, 0.4) is 0 Å². The predicted molar refractivity (Wildman–Crippen MR) is 76.3 cm³/mol. The summed E-state index contributed by atoms with van der Waals surface area (Å²) in [6.07, 6.45) is 3.51. The molecule has 2 N–H and O–H groups in total. The Morgan fingerprint density at radius 1 is 1.32 bits per heavy atom. The van der Waals surface area contributed by atoms with Crippen molar-refractivity contribution in [2.75, 3.05) is 5.32 Å². The molecule has 96 valence electrons. The molecule has 0 aliphatic heterocycles. The summed E-state index contributed by atoms with van der Waals surface area (Å²) in [7, 11) is 0. The quantitative estimate of drug-likeness (QED) is 0.808. The van der Waals surface area contributed by atoms with Gasteiger partial charge in [-0.05, 0) is 37.5 Å². The largest absolute Gasteiger partial charge is 0.328 e. The molecule has 19 heavy (non-hydrogen) atoms. The van der Waals surface area contributed by atoms with Gasteiger partial charge in [-0.15, -0.1) is 0 Å². The number of rotatable bonds is 2. The topological polar surface area (TPSA) is 62.0 Å². The summed E-state index contributed by atoms with van der Waals surface area (Å²) in [5, 5.41) is 3.80. The number of fused-ring (bicyclic) bond motifs is 4. The summed E-state index contributed by atoms with van der Waals surface area (Å²) in [6, 6.07) is 3.63. The number of allylic oxidation sites excluding steroid dienone is 2. The molecule has 4 heteroatoms. The van der Waals surface area contributed by atoms with E-state index in [4.69, 9.17) is 0 Å². The molecule has 0 atom stereocenters. The first-order valence-electron chi connectivity index (χ1n) is 6.18. The number of carbonyl (C=O) groups excluding carboxylic acids is 1. The van der Waals surface area contributed by atoms with Crippen molar-refractivity contribution in [3.63, 3.8) is 0 Å². The lowest BCUT2D eigenvalue weighted by atomic mass is 9.89. The molecular weight excluding hydrogens is 240 g/mol. The van der Waals surface area contributed by atoms with Crippen molar-refractivity contribution in [1.82, 2.24) is 4.98 Å². The highest BCUT2D eigenvalue weighted by molar-refractivity contribution is 5.99. The van der Waals surface area contributed by atoms with E-state index in [2.05, 4.69) is 16.4 Å². The van der Waals surface area contributed by atoms with E-state index in [9.17, 15) is 9.59 Å². The van der Waals surface area contributed by atoms with Gasteiger partial charge in [0.25, 0.3) is 0 Å². The monoisotopic (exact) mass is 254 g/mol. The first-order valence-corrected chi connectivity index (χ1v) is 6.18. The molecule has 1 heterocycles. The number of hydrogen-bond acceptors (Lipinski definition) is 2. The molecule has 0 unspecified atom stereocenters. The number of aromatic nitrogens is 1. The maximum absolute atomic E-state index is 11.6. The van der Waals surface area contributed by atoms with Gasteiger partial charge < -0.3 is 10.3 Å². The van der Waals surface area contributed by atoms with Crippen molar-refractivity contribution < 1.29 is 4.79 Å². The number of H-pyrrole nitrogens is 1. The summed E-state index contributed by atoms with van der Waals surface area (Å²) in [5.74, 6) is 0. The van der Waals surface area contributed by atoms with Crippen molar-refractivity contribution in [2.45, 2.75) is 20.3 Å². The van der Waals surface area contributed by atoms with Crippen LogP contribution in [-0.2, 0) is 11.2 Å². The molecule has 0 saturated carbocycles. The molecule has 1 aromatic carbocycles. The number of nitrogens with one attached hydrogen (secondary N) is 2. The number of amides is 1. The fraction of sp³-hybridized carbons (Fsp3) is 0.200. The van der Waals surface area contributed by atoms with Crippen LogP contribution in [0.1, 0.15) is 23.6 Å². The van der Waals surface area contributed by atoms with Gasteiger partial charge in [0.2, 0.25) is 12.0 Å². The van der Waals surface area contributed by atoms with Gasteiger partial charge in [-0.1, -0.05) is 6.08 Å². The van der Waals surface area contributed by atoms with E-state index in [1.165, 1.54) is 0 Å². The van der Waals surface area contributed by atoms with E-state index in [0.29, 0.717) is 12.8 Å². The van der Waals surface area contributed by atoms with E-state index < -0.39 is 0 Å². The zero-order valence-electron chi connectivity index (χ0n) is 10.8. The highest BCUT2D eigenvalue weighted by atomic mass is 16.1. The maximum Gasteiger partial charge on any atom is 0.248 e. The smallest absolute Gasteiger partial charge is 0.248 e. The van der Waals surface area contributed by atoms with E-state index in [-0.39, 0.29) is 5.56 Å². The predicted octanol–water partition coefficient (Wildman–Crippen LogP) is 2.36. The Morgan fingerprint density at radius 3 is 2.84 bits per heavy atom. The van der Waals surface area contributed by atoms with Crippen LogP contribution in [0.4, 0.5) is 5.69 Å².